The van der Waals surface area contributed by atoms with E-state index in [1.165, 1.54) is 0 Å². The number of aromatic nitrogens is 6. The Morgan fingerprint density at radius 1 is 0.912 bits per heavy atom. The summed E-state index contributed by atoms with van der Waals surface area (Å²) in [7, 11) is 3.25. The third-order valence-electron chi connectivity index (χ3n) is 4.94. The number of methoxy groups -OCH3 is 2. The van der Waals surface area contributed by atoms with Crippen LogP contribution in [0.25, 0.3) is 0 Å². The van der Waals surface area contributed by atoms with Crippen molar-refractivity contribution >= 4 is 6.09 Å². The minimum Gasteiger partial charge on any atom is -0.497 e. The molecule has 0 aliphatic carbocycles. The van der Waals surface area contributed by atoms with Gasteiger partial charge in [0.25, 0.3) is 0 Å². The van der Waals surface area contributed by atoms with Crippen LogP contribution >= 0.6 is 0 Å². The van der Waals surface area contributed by atoms with E-state index >= 15 is 0 Å². The SMILES string of the molecule is COc1cccc(Cn2cc(COC(=O)NCc3cn(Cc4ccccc4OC)nn3)nn2)c1. The first-order chi connectivity index (χ1) is 16.6. The van der Waals surface area contributed by atoms with E-state index in [9.17, 15) is 4.79 Å². The predicted molar refractivity (Wildman–Crippen MR) is 121 cm³/mol. The largest absolute Gasteiger partial charge is 0.497 e. The van der Waals surface area contributed by atoms with E-state index in [0.717, 1.165) is 22.6 Å². The van der Waals surface area contributed by atoms with Crippen LogP contribution in [0.5, 0.6) is 11.5 Å². The summed E-state index contributed by atoms with van der Waals surface area (Å²) >= 11 is 0. The van der Waals surface area contributed by atoms with Crippen LogP contribution in [-0.4, -0.2) is 50.3 Å². The van der Waals surface area contributed by atoms with Crippen LogP contribution in [0.15, 0.2) is 60.9 Å². The highest BCUT2D eigenvalue weighted by atomic mass is 16.5. The number of nitrogens with zero attached hydrogens (tertiary/aromatic N) is 6. The highest BCUT2D eigenvalue weighted by Crippen LogP contribution is 2.18. The van der Waals surface area contributed by atoms with Crippen molar-refractivity contribution < 1.29 is 19.0 Å². The molecule has 0 fully saturated rings. The van der Waals surface area contributed by atoms with Crippen molar-refractivity contribution in [3.63, 3.8) is 0 Å². The zero-order valence-corrected chi connectivity index (χ0v) is 18.9. The highest BCUT2D eigenvalue weighted by Gasteiger charge is 2.09. The van der Waals surface area contributed by atoms with Crippen LogP contribution in [0.2, 0.25) is 0 Å². The average molecular weight is 463 g/mol. The third-order valence-corrected chi connectivity index (χ3v) is 4.94. The molecule has 0 aliphatic rings. The fourth-order valence-corrected chi connectivity index (χ4v) is 3.30. The summed E-state index contributed by atoms with van der Waals surface area (Å²) < 4.78 is 19.2. The lowest BCUT2D eigenvalue weighted by molar-refractivity contribution is 0.137. The molecule has 0 bridgehead atoms. The lowest BCUT2D eigenvalue weighted by Gasteiger charge is -2.07. The van der Waals surface area contributed by atoms with Crippen molar-refractivity contribution in [2.24, 2.45) is 0 Å². The molecule has 0 unspecified atom stereocenters. The molecule has 0 saturated carbocycles. The predicted octanol–water partition coefficient (Wildman–Crippen LogP) is 2.41. The third kappa shape index (κ3) is 6.09. The van der Waals surface area contributed by atoms with Crippen LogP contribution < -0.4 is 14.8 Å². The molecule has 1 amide bonds. The van der Waals surface area contributed by atoms with Crippen molar-refractivity contribution in [1.29, 1.82) is 0 Å². The Balaban J connectivity index is 1.22. The van der Waals surface area contributed by atoms with Gasteiger partial charge in [-0.15, -0.1) is 10.2 Å². The minimum atomic E-state index is -0.582. The molecule has 0 saturated heterocycles. The van der Waals surface area contributed by atoms with E-state index in [1.54, 1.807) is 36.0 Å². The summed E-state index contributed by atoms with van der Waals surface area (Å²) in [4.78, 5) is 12.1. The van der Waals surface area contributed by atoms with Crippen LogP contribution in [0, 0.1) is 0 Å². The molecule has 0 spiro atoms. The molecule has 2 aromatic carbocycles. The van der Waals surface area contributed by atoms with Crippen LogP contribution in [0.1, 0.15) is 22.5 Å². The molecule has 176 valence electrons. The van der Waals surface area contributed by atoms with Gasteiger partial charge in [0.1, 0.15) is 29.5 Å². The second-order valence-electron chi connectivity index (χ2n) is 7.41. The van der Waals surface area contributed by atoms with Gasteiger partial charge in [-0.3, -0.25) is 0 Å². The number of hydrogen-bond donors (Lipinski definition) is 1. The molecular weight excluding hydrogens is 438 g/mol. The summed E-state index contributed by atoms with van der Waals surface area (Å²) in [6, 6.07) is 15.4. The van der Waals surface area contributed by atoms with Crippen LogP contribution in [-0.2, 0) is 31.0 Å². The van der Waals surface area contributed by atoms with E-state index in [0.29, 0.717) is 24.5 Å². The summed E-state index contributed by atoms with van der Waals surface area (Å²) in [6.45, 7) is 1.23. The molecule has 0 atom stereocenters. The summed E-state index contributed by atoms with van der Waals surface area (Å²) in [5.74, 6) is 1.55. The monoisotopic (exact) mass is 463 g/mol. The zero-order chi connectivity index (χ0) is 23.8. The molecule has 34 heavy (non-hydrogen) atoms. The van der Waals surface area contributed by atoms with Gasteiger partial charge < -0.3 is 19.5 Å². The Morgan fingerprint density at radius 3 is 2.50 bits per heavy atom. The summed E-state index contributed by atoms with van der Waals surface area (Å²) in [6.07, 6.45) is 2.91. The zero-order valence-electron chi connectivity index (χ0n) is 18.9. The Labute approximate surface area is 196 Å². The molecule has 11 heteroatoms. The number of alkyl carbamates (subject to hydrolysis) is 1. The van der Waals surface area contributed by atoms with Crippen LogP contribution in [0.3, 0.4) is 0 Å². The first-order valence-corrected chi connectivity index (χ1v) is 10.6. The van der Waals surface area contributed by atoms with Crippen molar-refractivity contribution in [2.45, 2.75) is 26.2 Å². The Morgan fingerprint density at radius 2 is 1.68 bits per heavy atom. The second kappa shape index (κ2) is 10.9. The van der Waals surface area contributed by atoms with Gasteiger partial charge in [-0.2, -0.15) is 0 Å². The minimum absolute atomic E-state index is 0.00440. The topological polar surface area (TPSA) is 118 Å². The number of rotatable bonds is 10. The number of carbonyl (C=O) groups is 1. The molecule has 1 N–H and O–H groups in total. The molecular formula is C23H25N7O4. The maximum Gasteiger partial charge on any atom is 0.407 e. The van der Waals surface area contributed by atoms with Gasteiger partial charge in [-0.05, 0) is 23.8 Å². The van der Waals surface area contributed by atoms with Gasteiger partial charge in [-0.25, -0.2) is 14.2 Å². The van der Waals surface area contributed by atoms with E-state index in [2.05, 4.69) is 25.9 Å². The van der Waals surface area contributed by atoms with Gasteiger partial charge in [0.15, 0.2) is 0 Å². The molecule has 4 aromatic rings. The standard InChI is InChI=1S/C23H25N7O4/c1-32-21-8-5-6-17(10-21)12-29-15-20(26-28-29)16-34-23(31)24-11-19-14-30(27-25-19)13-18-7-3-4-9-22(18)33-2/h3-10,14-15H,11-13,16H2,1-2H3,(H,24,31). The lowest BCUT2D eigenvalue weighted by atomic mass is 10.2. The second-order valence-corrected chi connectivity index (χ2v) is 7.41. The number of hydrogen-bond acceptors (Lipinski definition) is 8. The van der Waals surface area contributed by atoms with E-state index in [4.69, 9.17) is 14.2 Å². The van der Waals surface area contributed by atoms with E-state index in [1.807, 2.05) is 48.5 Å². The first kappa shape index (κ1) is 22.8. The molecule has 0 aliphatic heterocycles. The highest BCUT2D eigenvalue weighted by molar-refractivity contribution is 5.67. The van der Waals surface area contributed by atoms with Gasteiger partial charge in [0, 0.05) is 5.56 Å². The average Bonchev–Trinajstić information content (AvgIpc) is 3.51. The van der Waals surface area contributed by atoms with Gasteiger partial charge in [0.2, 0.25) is 0 Å². The quantitative estimate of drug-likeness (QED) is 0.381. The van der Waals surface area contributed by atoms with Crippen molar-refractivity contribution in [3.8, 4) is 11.5 Å². The lowest BCUT2D eigenvalue weighted by Crippen LogP contribution is -2.23. The Kier molecular flexibility index (Phi) is 7.33. The maximum absolute atomic E-state index is 12.1. The van der Waals surface area contributed by atoms with Gasteiger partial charge in [-0.1, -0.05) is 40.8 Å². The number of ether oxygens (including phenoxy) is 3. The van der Waals surface area contributed by atoms with Gasteiger partial charge in [0.05, 0.1) is 46.2 Å². The smallest absolute Gasteiger partial charge is 0.407 e. The number of para-hydroxylation sites is 1. The van der Waals surface area contributed by atoms with E-state index in [-0.39, 0.29) is 13.2 Å². The number of amides is 1. The van der Waals surface area contributed by atoms with Gasteiger partial charge >= 0.3 is 6.09 Å². The summed E-state index contributed by atoms with van der Waals surface area (Å²) in [5.41, 5.74) is 3.15. The normalized spacial score (nSPS) is 10.6. The molecule has 4 rings (SSSR count). The molecule has 0 radical (unpaired) electrons. The Hall–Kier alpha value is -4.41. The maximum atomic E-state index is 12.1. The fraction of sp³-hybridized carbons (Fsp3) is 0.261. The molecule has 11 nitrogen and oxygen atoms in total. The number of nitrogens with one attached hydrogen (secondary N) is 1. The molecule has 2 aromatic heterocycles. The van der Waals surface area contributed by atoms with Crippen LogP contribution in [0.4, 0.5) is 4.79 Å². The molecule has 2 heterocycles. The first-order valence-electron chi connectivity index (χ1n) is 10.6. The Bertz CT molecular complexity index is 1240. The number of benzene rings is 2. The summed E-state index contributed by atoms with van der Waals surface area (Å²) in [5, 5.41) is 19.0. The van der Waals surface area contributed by atoms with E-state index < -0.39 is 6.09 Å². The fourth-order valence-electron chi connectivity index (χ4n) is 3.30. The van der Waals surface area contributed by atoms with Crippen molar-refractivity contribution in [1.82, 2.24) is 35.3 Å². The number of carbonyl (C=O) groups excluding carboxylic acids is 1. The van der Waals surface area contributed by atoms with Crippen molar-refractivity contribution in [3.05, 3.63) is 83.4 Å². The van der Waals surface area contributed by atoms with Crippen molar-refractivity contribution in [2.75, 3.05) is 14.2 Å².